The van der Waals surface area contributed by atoms with Crippen LogP contribution in [0.3, 0.4) is 0 Å². The first-order valence-electron chi connectivity index (χ1n) is 14.4. The zero-order valence-corrected chi connectivity index (χ0v) is 26.5. The molecule has 1 atom stereocenters. The van der Waals surface area contributed by atoms with Crippen LogP contribution in [-0.2, 0) is 11.2 Å². The minimum Gasteiger partial charge on any atom is -0.444 e. The summed E-state index contributed by atoms with van der Waals surface area (Å²) in [5.74, 6) is 0. The Morgan fingerprint density at radius 3 is 2.34 bits per heavy atom. The number of amides is 1. The van der Waals surface area contributed by atoms with Gasteiger partial charge >= 0.3 is 12.3 Å². The van der Waals surface area contributed by atoms with Crippen LogP contribution < -0.4 is 0 Å². The molecule has 1 aromatic rings. The van der Waals surface area contributed by atoms with Gasteiger partial charge in [0, 0.05) is 60.7 Å². The van der Waals surface area contributed by atoms with Crippen molar-refractivity contribution >= 4 is 11.8 Å². The highest BCUT2D eigenvalue weighted by molar-refractivity contribution is 6.03. The van der Waals surface area contributed by atoms with Gasteiger partial charge in [-0.1, -0.05) is 32.4 Å². The van der Waals surface area contributed by atoms with E-state index >= 15 is 0 Å². The van der Waals surface area contributed by atoms with Crippen molar-refractivity contribution in [2.45, 2.75) is 106 Å². The number of ether oxygens (including phenoxy) is 1. The van der Waals surface area contributed by atoms with Gasteiger partial charge in [-0.3, -0.25) is 9.98 Å². The van der Waals surface area contributed by atoms with Gasteiger partial charge in [0.25, 0.3) is 0 Å². The van der Waals surface area contributed by atoms with E-state index in [1.165, 1.54) is 30.8 Å². The Hall–Kier alpha value is -3.10. The maximum absolute atomic E-state index is 13.8. The molecule has 1 aliphatic heterocycles. The van der Waals surface area contributed by atoms with Gasteiger partial charge in [0.1, 0.15) is 5.60 Å². The zero-order chi connectivity index (χ0) is 31.4. The van der Waals surface area contributed by atoms with Crippen molar-refractivity contribution in [3.63, 3.8) is 0 Å². The average Bonchev–Trinajstić information content (AvgIpc) is 2.85. The van der Waals surface area contributed by atoms with Crippen LogP contribution in [0.5, 0.6) is 0 Å². The summed E-state index contributed by atoms with van der Waals surface area (Å²) in [6, 6.07) is 3.96. The summed E-state index contributed by atoms with van der Waals surface area (Å²) in [7, 11) is 0. The number of hydrogen-bond acceptors (Lipinski definition) is 5. The molecule has 1 aromatic heterocycles. The summed E-state index contributed by atoms with van der Waals surface area (Å²) in [5, 5.41) is 0. The van der Waals surface area contributed by atoms with Crippen LogP contribution in [0.1, 0.15) is 86.4 Å². The van der Waals surface area contributed by atoms with Crippen LogP contribution in [0.15, 0.2) is 58.5 Å². The van der Waals surface area contributed by atoms with Crippen molar-refractivity contribution in [3.05, 3.63) is 64.8 Å². The minimum absolute atomic E-state index is 0.0775. The highest BCUT2D eigenvalue weighted by Gasteiger charge is 2.38. The fourth-order valence-corrected chi connectivity index (χ4v) is 4.44. The van der Waals surface area contributed by atoms with E-state index in [0.717, 1.165) is 18.9 Å². The molecule has 0 aromatic carbocycles. The van der Waals surface area contributed by atoms with Crippen molar-refractivity contribution in [2.24, 2.45) is 4.99 Å². The number of halogens is 3. The van der Waals surface area contributed by atoms with Gasteiger partial charge in [0.2, 0.25) is 0 Å². The molecule has 0 saturated carbocycles. The number of allylic oxidation sites excluding steroid dienone is 5. The first-order chi connectivity index (χ1) is 19.0. The normalized spacial score (nSPS) is 17.7. The predicted octanol–water partition coefficient (Wildman–Crippen LogP) is 8.44. The van der Waals surface area contributed by atoms with Gasteiger partial charge in [-0.05, 0) is 85.9 Å². The summed E-state index contributed by atoms with van der Waals surface area (Å²) in [6.45, 7) is 19.3. The van der Waals surface area contributed by atoms with Crippen LogP contribution in [0.2, 0.25) is 0 Å². The topological polar surface area (TPSA) is 58.0 Å². The second-order valence-electron chi connectivity index (χ2n) is 11.2. The molecule has 230 valence electrons. The molecule has 0 radical (unpaired) electrons. The number of piperazine rings is 1. The van der Waals surface area contributed by atoms with Crippen molar-refractivity contribution in [1.29, 1.82) is 0 Å². The highest BCUT2D eigenvalue weighted by atomic mass is 19.4. The Kier molecular flexibility index (Phi) is 14.3. The standard InChI is InChI=1S/C23H36F3N3O2.C9H13N/c1-9-11-12-27-17(4)20(19(10-2)23(24,25)26)18(5)28-13-14-29(16(3)15-28)21(30)31-22(6,7)8;1-3-4-9-7-8(2)5-6-10-9/h10-12,16H,9,13-15H2,1-8H3;5-7H,3-4H2,1-2H3/b12-11+,19-10+,20-18-,27-17+;. The van der Waals surface area contributed by atoms with Crippen LogP contribution in [0.4, 0.5) is 18.0 Å². The third-order valence-corrected chi connectivity index (χ3v) is 6.40. The van der Waals surface area contributed by atoms with Gasteiger partial charge in [-0.15, -0.1) is 0 Å². The number of aliphatic imine (C=N–C) groups is 1. The van der Waals surface area contributed by atoms with Gasteiger partial charge < -0.3 is 14.5 Å². The Balaban J connectivity index is 0.000000702. The van der Waals surface area contributed by atoms with Gasteiger partial charge in [-0.2, -0.15) is 13.2 Å². The second kappa shape index (κ2) is 16.4. The number of carbonyl (C=O) groups excluding carboxylic acids is 1. The molecule has 2 heterocycles. The molecule has 0 aliphatic carbocycles. The number of pyridine rings is 1. The fourth-order valence-electron chi connectivity index (χ4n) is 4.44. The Labute approximate surface area is 245 Å². The highest BCUT2D eigenvalue weighted by Crippen LogP contribution is 2.35. The smallest absolute Gasteiger partial charge is 0.416 e. The van der Waals surface area contributed by atoms with Crippen LogP contribution in [0, 0.1) is 6.92 Å². The van der Waals surface area contributed by atoms with Crippen LogP contribution >= 0.6 is 0 Å². The molecule has 1 unspecified atom stereocenters. The van der Waals surface area contributed by atoms with E-state index in [9.17, 15) is 18.0 Å². The molecule has 0 bridgehead atoms. The number of rotatable bonds is 7. The van der Waals surface area contributed by atoms with Gasteiger partial charge in [-0.25, -0.2) is 4.79 Å². The van der Waals surface area contributed by atoms with Crippen LogP contribution in [0.25, 0.3) is 0 Å². The maximum atomic E-state index is 13.8. The van der Waals surface area contributed by atoms with Crippen molar-refractivity contribution in [2.75, 3.05) is 19.6 Å². The first-order valence-corrected chi connectivity index (χ1v) is 14.4. The number of hydrogen-bond donors (Lipinski definition) is 0. The molecule has 0 spiro atoms. The molecule has 41 heavy (non-hydrogen) atoms. The largest absolute Gasteiger partial charge is 0.444 e. The van der Waals surface area contributed by atoms with Gasteiger partial charge in [0.05, 0.1) is 5.57 Å². The first kappa shape index (κ1) is 35.9. The number of aryl methyl sites for hydroxylation is 2. The summed E-state index contributed by atoms with van der Waals surface area (Å²) < 4.78 is 46.8. The second-order valence-corrected chi connectivity index (χ2v) is 11.2. The molecule has 0 N–H and O–H groups in total. The van der Waals surface area contributed by atoms with E-state index in [2.05, 4.69) is 29.9 Å². The quantitative estimate of drug-likeness (QED) is 0.241. The van der Waals surface area contributed by atoms with E-state index in [-0.39, 0.29) is 11.6 Å². The molecular weight excluding hydrogens is 529 g/mol. The number of alkyl halides is 3. The lowest BCUT2D eigenvalue weighted by atomic mass is 9.97. The minimum atomic E-state index is -4.50. The fraction of sp³-hybridized carbons (Fsp3) is 0.594. The Morgan fingerprint density at radius 2 is 1.85 bits per heavy atom. The van der Waals surface area contributed by atoms with E-state index in [1.54, 1.807) is 45.6 Å². The van der Waals surface area contributed by atoms with Crippen molar-refractivity contribution < 1.29 is 22.7 Å². The van der Waals surface area contributed by atoms with E-state index in [4.69, 9.17) is 4.74 Å². The van der Waals surface area contributed by atoms with Gasteiger partial charge in [0.15, 0.2) is 0 Å². The van der Waals surface area contributed by atoms with E-state index in [0.29, 0.717) is 31.0 Å². The Morgan fingerprint density at radius 1 is 1.20 bits per heavy atom. The molecule has 9 heteroatoms. The number of nitrogens with zero attached hydrogens (tertiary/aromatic N) is 4. The molecular formula is C32H49F3N4O2. The summed E-state index contributed by atoms with van der Waals surface area (Å²) in [6.07, 6.45) is 4.40. The van der Waals surface area contributed by atoms with Crippen LogP contribution in [-0.4, -0.2) is 64.0 Å². The third-order valence-electron chi connectivity index (χ3n) is 6.40. The van der Waals surface area contributed by atoms with Crippen molar-refractivity contribution in [1.82, 2.24) is 14.8 Å². The predicted molar refractivity (Wildman–Crippen MR) is 162 cm³/mol. The van der Waals surface area contributed by atoms with Crippen molar-refractivity contribution in [3.8, 4) is 0 Å². The molecule has 1 amide bonds. The Bertz CT molecular complexity index is 1110. The number of carbonyl (C=O) groups is 1. The maximum Gasteiger partial charge on any atom is 0.416 e. The third kappa shape index (κ3) is 12.1. The molecule has 1 saturated heterocycles. The molecule has 6 nitrogen and oxygen atoms in total. The monoisotopic (exact) mass is 578 g/mol. The molecule has 1 fully saturated rings. The van der Waals surface area contributed by atoms with E-state index < -0.39 is 23.4 Å². The molecule has 1 aliphatic rings. The SMILES string of the molecule is CCCc1cc(C)ccn1.C\C=C(C(/C(C)=N/C=C/CC)=C(/C)N1CCN(C(=O)OC(C)(C)C)C(C)C1)\C(F)(F)F. The number of aromatic nitrogens is 1. The summed E-state index contributed by atoms with van der Waals surface area (Å²) in [5.41, 5.74) is 2.07. The zero-order valence-electron chi connectivity index (χ0n) is 26.5. The lowest BCUT2D eigenvalue weighted by molar-refractivity contribution is -0.0891. The lowest BCUT2D eigenvalue weighted by Gasteiger charge is -2.42. The van der Waals surface area contributed by atoms with E-state index in [1.807, 2.05) is 31.0 Å². The average molecular weight is 579 g/mol. The summed E-state index contributed by atoms with van der Waals surface area (Å²) >= 11 is 0. The lowest BCUT2D eigenvalue weighted by Crippen LogP contribution is -2.54. The molecule has 2 rings (SSSR count). The summed E-state index contributed by atoms with van der Waals surface area (Å²) in [4.78, 5) is 24.4.